The Morgan fingerprint density at radius 2 is 2.57 bits per heavy atom. The van der Waals surface area contributed by atoms with Crippen molar-refractivity contribution in [3.63, 3.8) is 0 Å². The minimum absolute atomic E-state index is 1.12. The molecule has 0 aliphatic rings. The average Bonchev–Trinajstić information content (AvgIpc) is 1.91. The maximum absolute atomic E-state index is 3.78. The van der Waals surface area contributed by atoms with Crippen LogP contribution in [0.5, 0.6) is 0 Å². The van der Waals surface area contributed by atoms with E-state index in [9.17, 15) is 0 Å². The quantitative estimate of drug-likeness (QED) is 0.504. The molecule has 2 radical (unpaired) electrons. The van der Waals surface area contributed by atoms with E-state index in [1.807, 2.05) is 6.92 Å². The molecule has 0 aliphatic carbocycles. The summed E-state index contributed by atoms with van der Waals surface area (Å²) < 4.78 is 1.16. The molecule has 1 N–H and O–H groups in total. The van der Waals surface area contributed by atoms with E-state index in [2.05, 4.69) is 27.1 Å². The molecular weight excluding hydrogens is 151 g/mol. The van der Waals surface area contributed by atoms with Gasteiger partial charge in [-0.15, -0.1) is 0 Å². The summed E-state index contributed by atoms with van der Waals surface area (Å²) >= 11 is 2.44. The Morgan fingerprint density at radius 1 is 1.86 bits per heavy atom. The van der Waals surface area contributed by atoms with Gasteiger partial charge >= 0.3 is 50.2 Å². The normalized spacial score (nSPS) is 9.43. The molecule has 0 aromatic carbocycles. The zero-order valence-corrected chi connectivity index (χ0v) is 5.85. The summed E-state index contributed by atoms with van der Waals surface area (Å²) in [5.41, 5.74) is 1.12. The molecule has 3 heteroatoms. The van der Waals surface area contributed by atoms with E-state index in [-0.39, 0.29) is 0 Å². The second kappa shape index (κ2) is 1.71. The van der Waals surface area contributed by atoms with Crippen LogP contribution in [0.3, 0.4) is 0 Å². The Kier molecular flexibility index (Phi) is 1.20. The zero-order valence-electron chi connectivity index (χ0n) is 3.97. The van der Waals surface area contributed by atoms with Crippen LogP contribution in [0.15, 0.2) is 6.20 Å². The van der Waals surface area contributed by atoms with Crippen molar-refractivity contribution in [2.75, 3.05) is 0 Å². The molecule has 7 heavy (non-hydrogen) atoms. The number of hydrogen-bond acceptors (Lipinski definition) is 1. The van der Waals surface area contributed by atoms with Crippen LogP contribution in [0.2, 0.25) is 0 Å². The van der Waals surface area contributed by atoms with Crippen molar-refractivity contribution in [1.82, 2.24) is 10.2 Å². The van der Waals surface area contributed by atoms with Gasteiger partial charge in [0.2, 0.25) is 0 Å². The number of H-pyrrole nitrogens is 1. The number of nitrogens with one attached hydrogen (secondary N) is 1. The van der Waals surface area contributed by atoms with Crippen LogP contribution in [0.25, 0.3) is 0 Å². The third-order valence-electron chi connectivity index (χ3n) is 0.803. The van der Waals surface area contributed by atoms with E-state index < -0.39 is 0 Å². The molecule has 0 saturated heterocycles. The molecule has 0 amide bonds. The van der Waals surface area contributed by atoms with Gasteiger partial charge in [0, 0.05) is 0 Å². The van der Waals surface area contributed by atoms with Crippen molar-refractivity contribution in [3.05, 3.63) is 11.9 Å². The summed E-state index contributed by atoms with van der Waals surface area (Å²) in [4.78, 5) is 0. The summed E-state index contributed by atoms with van der Waals surface area (Å²) in [6.45, 7) is 1.99. The van der Waals surface area contributed by atoms with Crippen molar-refractivity contribution in [3.8, 4) is 0 Å². The van der Waals surface area contributed by atoms with Crippen LogP contribution in [0.4, 0.5) is 0 Å². The third-order valence-corrected chi connectivity index (χ3v) is 1.75. The Bertz CT molecular complexity index is 142. The van der Waals surface area contributed by atoms with E-state index in [1.165, 1.54) is 0 Å². The number of aromatic amines is 1. The first-order valence-corrected chi connectivity index (χ1v) is 2.93. The standard InChI is InChI=1S/C4H5AsN2/c1-3-4(5)2-6-7-3/h2H,1H3,(H,6,7). The van der Waals surface area contributed by atoms with Gasteiger partial charge in [0.15, 0.2) is 0 Å². The summed E-state index contributed by atoms with van der Waals surface area (Å²) in [7, 11) is 0. The molecule has 0 saturated carbocycles. The van der Waals surface area contributed by atoms with Crippen molar-refractivity contribution in [1.29, 1.82) is 0 Å². The fraction of sp³-hybridized carbons (Fsp3) is 0.250. The molecule has 0 fully saturated rings. The first kappa shape index (κ1) is 4.92. The molecule has 2 nitrogen and oxygen atoms in total. The van der Waals surface area contributed by atoms with Gasteiger partial charge in [-0.25, -0.2) is 0 Å². The molecule has 0 unspecified atom stereocenters. The van der Waals surface area contributed by atoms with Crippen molar-refractivity contribution in [2.45, 2.75) is 6.92 Å². The molecular formula is C4H5AsN2. The minimum atomic E-state index is 1.12. The van der Waals surface area contributed by atoms with E-state index >= 15 is 0 Å². The Morgan fingerprint density at radius 3 is 2.71 bits per heavy atom. The van der Waals surface area contributed by atoms with Gasteiger partial charge in [0.05, 0.1) is 0 Å². The molecule has 0 bridgehead atoms. The Hall–Kier alpha value is -0.232. The van der Waals surface area contributed by atoms with Crippen molar-refractivity contribution < 1.29 is 0 Å². The monoisotopic (exact) mass is 156 g/mol. The number of hydrogen-bond donors (Lipinski definition) is 1. The average molecular weight is 156 g/mol. The second-order valence-corrected chi connectivity index (χ2v) is 2.39. The Labute approximate surface area is 50.8 Å². The summed E-state index contributed by atoms with van der Waals surface area (Å²) in [6, 6.07) is 0. The van der Waals surface area contributed by atoms with Crippen LogP contribution in [0.1, 0.15) is 5.69 Å². The van der Waals surface area contributed by atoms with E-state index in [0.717, 1.165) is 10.0 Å². The number of rotatable bonds is 0. The molecule has 36 valence electrons. The first-order valence-electron chi connectivity index (χ1n) is 1.99. The van der Waals surface area contributed by atoms with Gasteiger partial charge in [-0.05, 0) is 0 Å². The van der Waals surface area contributed by atoms with Gasteiger partial charge in [-0.1, -0.05) is 0 Å². The topological polar surface area (TPSA) is 28.7 Å². The Balaban J connectivity index is 3.12. The van der Waals surface area contributed by atoms with Crippen LogP contribution in [-0.4, -0.2) is 27.1 Å². The third kappa shape index (κ3) is 0.858. The van der Waals surface area contributed by atoms with Crippen molar-refractivity contribution >= 4 is 21.2 Å². The number of nitrogens with zero attached hydrogens (tertiary/aromatic N) is 1. The summed E-state index contributed by atoms with van der Waals surface area (Å²) in [5, 5.41) is 6.58. The van der Waals surface area contributed by atoms with Crippen molar-refractivity contribution in [2.24, 2.45) is 0 Å². The van der Waals surface area contributed by atoms with E-state index in [1.54, 1.807) is 6.20 Å². The molecule has 1 heterocycles. The first-order chi connectivity index (χ1) is 3.30. The molecule has 0 spiro atoms. The van der Waals surface area contributed by atoms with Gasteiger partial charge < -0.3 is 0 Å². The second-order valence-electron chi connectivity index (χ2n) is 1.38. The summed E-state index contributed by atoms with van der Waals surface area (Å²) in [6.07, 6.45) is 1.79. The van der Waals surface area contributed by atoms with Crippen LogP contribution < -0.4 is 4.35 Å². The van der Waals surface area contributed by atoms with Gasteiger partial charge in [0.25, 0.3) is 0 Å². The van der Waals surface area contributed by atoms with Gasteiger partial charge in [-0.3, -0.25) is 0 Å². The molecule has 1 aromatic rings. The van der Waals surface area contributed by atoms with Crippen LogP contribution in [0, 0.1) is 6.92 Å². The fourth-order valence-corrected chi connectivity index (χ4v) is 0.570. The molecule has 1 aromatic heterocycles. The van der Waals surface area contributed by atoms with Gasteiger partial charge in [-0.2, -0.15) is 0 Å². The fourth-order valence-electron chi connectivity index (χ4n) is 0.344. The molecule has 1 rings (SSSR count). The zero-order chi connectivity index (χ0) is 5.28. The maximum atomic E-state index is 3.78. The van der Waals surface area contributed by atoms with E-state index in [0.29, 0.717) is 0 Å². The number of aryl methyl sites for hydroxylation is 1. The van der Waals surface area contributed by atoms with Crippen LogP contribution in [-0.2, 0) is 0 Å². The van der Waals surface area contributed by atoms with E-state index in [4.69, 9.17) is 0 Å². The molecule has 0 atom stereocenters. The predicted molar refractivity (Wildman–Crippen MR) is 28.7 cm³/mol. The van der Waals surface area contributed by atoms with Gasteiger partial charge in [0.1, 0.15) is 0 Å². The SMILES string of the molecule is Cc1[nH]ncc1[As]. The van der Waals surface area contributed by atoms with Crippen LogP contribution >= 0.6 is 0 Å². The number of aromatic nitrogens is 2. The summed E-state index contributed by atoms with van der Waals surface area (Å²) in [5.74, 6) is 0. The predicted octanol–water partition coefficient (Wildman–Crippen LogP) is -0.488. The molecule has 0 aliphatic heterocycles.